The van der Waals surface area contributed by atoms with Crippen LogP contribution in [0.15, 0.2) is 54.7 Å². The molecule has 0 aliphatic heterocycles. The fourth-order valence-electron chi connectivity index (χ4n) is 2.98. The first kappa shape index (κ1) is 20.6. The smallest absolute Gasteiger partial charge is 0.260 e. The van der Waals surface area contributed by atoms with Gasteiger partial charge >= 0.3 is 0 Å². The zero-order chi connectivity index (χ0) is 21.8. The van der Waals surface area contributed by atoms with Crippen LogP contribution >= 0.6 is 11.6 Å². The Bertz CT molecular complexity index is 1230. The van der Waals surface area contributed by atoms with Gasteiger partial charge in [-0.25, -0.2) is 9.37 Å². The number of nitrogens with one attached hydrogen (secondary N) is 2. The number of aromatic nitrogens is 3. The monoisotopic (exact) mass is 440 g/mol. The lowest BCUT2D eigenvalue weighted by Crippen LogP contribution is -2.15. The van der Waals surface area contributed by atoms with Crippen molar-refractivity contribution >= 4 is 34.2 Å². The largest absolute Gasteiger partial charge is 0.486 e. The average Bonchev–Trinajstić information content (AvgIpc) is 3.16. The summed E-state index contributed by atoms with van der Waals surface area (Å²) in [5.41, 5.74) is 1.39. The first-order chi connectivity index (χ1) is 15.1. The van der Waals surface area contributed by atoms with Crippen LogP contribution in [0.4, 0.5) is 10.1 Å². The summed E-state index contributed by atoms with van der Waals surface area (Å²) in [6.45, 7) is 2.41. The molecular formula is C22H18ClFN4O3. The third-order valence-electron chi connectivity index (χ3n) is 4.44. The van der Waals surface area contributed by atoms with Crippen LogP contribution in [0, 0.1) is 5.82 Å². The lowest BCUT2D eigenvalue weighted by Gasteiger charge is -2.12. The summed E-state index contributed by atoms with van der Waals surface area (Å²) in [6, 6.07) is 13.8. The van der Waals surface area contributed by atoms with Gasteiger partial charge in [0.2, 0.25) is 5.88 Å². The second kappa shape index (κ2) is 9.01. The van der Waals surface area contributed by atoms with Gasteiger partial charge in [-0.2, -0.15) is 0 Å². The van der Waals surface area contributed by atoms with E-state index in [1.807, 2.05) is 37.3 Å². The van der Waals surface area contributed by atoms with E-state index >= 15 is 4.39 Å². The van der Waals surface area contributed by atoms with Gasteiger partial charge in [0.15, 0.2) is 17.2 Å². The molecule has 0 aliphatic rings. The van der Waals surface area contributed by atoms with Gasteiger partial charge in [-0.1, -0.05) is 41.9 Å². The van der Waals surface area contributed by atoms with Crippen molar-refractivity contribution in [1.82, 2.24) is 15.2 Å². The highest BCUT2D eigenvalue weighted by atomic mass is 35.5. The van der Waals surface area contributed by atoms with E-state index in [9.17, 15) is 4.79 Å². The van der Waals surface area contributed by atoms with Crippen molar-refractivity contribution in [3.05, 3.63) is 76.7 Å². The molecule has 2 N–H and O–H groups in total. The predicted octanol–water partition coefficient (Wildman–Crippen LogP) is 4.98. The van der Waals surface area contributed by atoms with Crippen molar-refractivity contribution in [3.8, 4) is 11.6 Å². The van der Waals surface area contributed by atoms with Crippen molar-refractivity contribution in [1.29, 1.82) is 0 Å². The number of halogens is 2. The lowest BCUT2D eigenvalue weighted by atomic mass is 10.1. The first-order valence-corrected chi connectivity index (χ1v) is 9.87. The molecule has 2 heterocycles. The summed E-state index contributed by atoms with van der Waals surface area (Å²) < 4.78 is 26.0. The van der Waals surface area contributed by atoms with E-state index in [0.717, 1.165) is 5.56 Å². The van der Waals surface area contributed by atoms with Crippen LogP contribution in [-0.2, 0) is 6.61 Å². The van der Waals surface area contributed by atoms with E-state index in [1.54, 1.807) is 6.07 Å². The number of ether oxygens (including phenoxy) is 2. The molecule has 4 rings (SSSR count). The van der Waals surface area contributed by atoms with E-state index in [-0.39, 0.29) is 22.9 Å². The molecule has 0 fully saturated rings. The summed E-state index contributed by atoms with van der Waals surface area (Å²) in [6.07, 6.45) is 1.43. The Morgan fingerprint density at radius 1 is 1.19 bits per heavy atom. The molecule has 2 aromatic heterocycles. The number of fused-ring (bicyclic) bond motifs is 1. The van der Waals surface area contributed by atoms with Gasteiger partial charge in [-0.15, -0.1) is 5.10 Å². The third kappa shape index (κ3) is 4.44. The van der Waals surface area contributed by atoms with Crippen LogP contribution in [0.2, 0.25) is 5.02 Å². The molecule has 4 aromatic rings. The molecule has 0 aliphatic carbocycles. The molecule has 31 heavy (non-hydrogen) atoms. The molecule has 9 heteroatoms. The zero-order valence-corrected chi connectivity index (χ0v) is 17.2. The Labute approximate surface area is 182 Å². The molecule has 2 aromatic carbocycles. The number of rotatable bonds is 7. The highest BCUT2D eigenvalue weighted by Crippen LogP contribution is 2.29. The van der Waals surface area contributed by atoms with Crippen LogP contribution in [-0.4, -0.2) is 27.7 Å². The van der Waals surface area contributed by atoms with E-state index in [1.165, 1.54) is 18.3 Å². The second-order valence-electron chi connectivity index (χ2n) is 6.54. The predicted molar refractivity (Wildman–Crippen MR) is 115 cm³/mol. The van der Waals surface area contributed by atoms with Gasteiger partial charge in [-0.05, 0) is 30.7 Å². The number of aromatic amines is 1. The number of H-pyrrole nitrogens is 1. The van der Waals surface area contributed by atoms with Gasteiger partial charge in [0.1, 0.15) is 6.61 Å². The molecule has 0 unspecified atom stereocenters. The highest BCUT2D eigenvalue weighted by molar-refractivity contribution is 6.34. The summed E-state index contributed by atoms with van der Waals surface area (Å²) in [5, 5.41) is 9.94. The Hall–Kier alpha value is -3.65. The van der Waals surface area contributed by atoms with Gasteiger partial charge in [-0.3, -0.25) is 9.89 Å². The minimum Gasteiger partial charge on any atom is -0.486 e. The maximum Gasteiger partial charge on any atom is 0.260 e. The molecule has 0 spiro atoms. The normalized spacial score (nSPS) is 10.8. The van der Waals surface area contributed by atoms with Gasteiger partial charge in [0.25, 0.3) is 5.91 Å². The van der Waals surface area contributed by atoms with Crippen molar-refractivity contribution in [2.75, 3.05) is 11.9 Å². The number of nitrogens with zero attached hydrogens (tertiary/aromatic N) is 2. The minimum atomic E-state index is -0.840. The van der Waals surface area contributed by atoms with Gasteiger partial charge < -0.3 is 14.8 Å². The number of pyridine rings is 1. The fraction of sp³-hybridized carbons (Fsp3) is 0.136. The SMILES string of the molecule is CCOc1n[nH]c2ncc(NC(=O)c3c(Cl)ccc(OCc4ccccc4)c3F)cc12. The molecule has 1 amide bonds. The summed E-state index contributed by atoms with van der Waals surface area (Å²) in [5.74, 6) is -1.27. The number of carbonyl (C=O) groups is 1. The third-order valence-corrected chi connectivity index (χ3v) is 4.76. The molecule has 0 saturated heterocycles. The highest BCUT2D eigenvalue weighted by Gasteiger charge is 2.21. The Kier molecular flexibility index (Phi) is 5.99. The van der Waals surface area contributed by atoms with E-state index in [2.05, 4.69) is 20.5 Å². The van der Waals surface area contributed by atoms with E-state index in [4.69, 9.17) is 21.1 Å². The number of hydrogen-bond donors (Lipinski definition) is 2. The second-order valence-corrected chi connectivity index (χ2v) is 6.95. The standard InChI is InChI=1S/C22H18ClFN4O3/c1-2-30-22-15-10-14(11-25-20(15)27-28-22)26-21(29)18-16(23)8-9-17(19(18)24)31-12-13-6-4-3-5-7-13/h3-11H,2,12H2,1H3,(H,26,29)(H,25,27,28). The Morgan fingerprint density at radius 3 is 2.77 bits per heavy atom. The number of amides is 1. The molecule has 0 bridgehead atoms. The molecule has 0 saturated carbocycles. The number of benzene rings is 2. The van der Waals surface area contributed by atoms with E-state index < -0.39 is 11.7 Å². The van der Waals surface area contributed by atoms with Crippen molar-refractivity contribution in [2.24, 2.45) is 0 Å². The maximum absolute atomic E-state index is 15.0. The number of hydrogen-bond acceptors (Lipinski definition) is 5. The number of carbonyl (C=O) groups excluding carboxylic acids is 1. The van der Waals surface area contributed by atoms with Gasteiger partial charge in [0.05, 0.1) is 34.5 Å². The molecule has 158 valence electrons. The summed E-state index contributed by atoms with van der Waals surface area (Å²) >= 11 is 6.12. The quantitative estimate of drug-likeness (QED) is 0.423. The van der Waals surface area contributed by atoms with Crippen molar-refractivity contribution in [2.45, 2.75) is 13.5 Å². The molecule has 0 atom stereocenters. The molecular weight excluding hydrogens is 423 g/mol. The average molecular weight is 441 g/mol. The minimum absolute atomic E-state index is 0.0329. The van der Waals surface area contributed by atoms with Crippen LogP contribution in [0.5, 0.6) is 11.6 Å². The summed E-state index contributed by atoms with van der Waals surface area (Å²) in [4.78, 5) is 17.0. The summed E-state index contributed by atoms with van der Waals surface area (Å²) in [7, 11) is 0. The van der Waals surface area contributed by atoms with Gasteiger partial charge in [0, 0.05) is 0 Å². The van der Waals surface area contributed by atoms with Crippen molar-refractivity contribution in [3.63, 3.8) is 0 Å². The molecule has 0 radical (unpaired) electrons. The van der Waals surface area contributed by atoms with Crippen LogP contribution in [0.3, 0.4) is 0 Å². The Morgan fingerprint density at radius 2 is 2.00 bits per heavy atom. The van der Waals surface area contributed by atoms with Crippen LogP contribution in [0.1, 0.15) is 22.8 Å². The zero-order valence-electron chi connectivity index (χ0n) is 16.5. The van der Waals surface area contributed by atoms with E-state index in [0.29, 0.717) is 29.2 Å². The van der Waals surface area contributed by atoms with Crippen molar-refractivity contribution < 1.29 is 18.7 Å². The topological polar surface area (TPSA) is 89.1 Å². The lowest BCUT2D eigenvalue weighted by molar-refractivity contribution is 0.102. The Balaban J connectivity index is 1.56. The van der Waals surface area contributed by atoms with Crippen LogP contribution in [0.25, 0.3) is 11.0 Å². The van der Waals surface area contributed by atoms with Crippen LogP contribution < -0.4 is 14.8 Å². The first-order valence-electron chi connectivity index (χ1n) is 9.49. The fourth-order valence-corrected chi connectivity index (χ4v) is 3.21. The molecule has 7 nitrogen and oxygen atoms in total. The maximum atomic E-state index is 15.0. The number of anilines is 1.